The molecule has 2 N–H and O–H groups in total. The Hall–Kier alpha value is -4.13. The van der Waals surface area contributed by atoms with Crippen LogP contribution in [-0.4, -0.2) is 108 Å². The molecule has 6 atom stereocenters. The monoisotopic (exact) mass is 857 g/mol. The molecule has 0 unspecified atom stereocenters. The lowest BCUT2D eigenvalue weighted by Crippen LogP contribution is -2.70. The van der Waals surface area contributed by atoms with E-state index in [2.05, 4.69) is 41.8 Å². The minimum atomic E-state index is -1.43. The Morgan fingerprint density at radius 3 is 2.54 bits per heavy atom. The topological polar surface area (TPSA) is 122 Å². The van der Waals surface area contributed by atoms with Crippen LogP contribution in [0.1, 0.15) is 82.8 Å². The molecule has 2 fully saturated rings. The molecule has 0 bridgehead atoms. The molecule has 2 aliphatic carbocycles. The summed E-state index contributed by atoms with van der Waals surface area (Å²) in [5.41, 5.74) is 3.05. The molecule has 3 aromatic carbocycles. The highest BCUT2D eigenvalue weighted by Gasteiger charge is 2.65. The number of ether oxygens (including phenoxy) is 4. The predicted octanol–water partition coefficient (Wildman–Crippen LogP) is 8.84. The molecule has 61 heavy (non-hydrogen) atoms. The van der Waals surface area contributed by atoms with Gasteiger partial charge in [0.25, 0.3) is 0 Å². The van der Waals surface area contributed by atoms with Crippen molar-refractivity contribution >= 4 is 34.2 Å². The third-order valence-electron chi connectivity index (χ3n) is 12.4. The molecule has 2 aliphatic heterocycles. The number of nitrogens with zero attached hydrogens (tertiary/aromatic N) is 3. The smallest absolute Gasteiger partial charge is 0.410 e. The van der Waals surface area contributed by atoms with Crippen LogP contribution in [0.25, 0.3) is 10.8 Å². The molecule has 0 spiro atoms. The molecule has 0 radical (unpaired) electrons. The summed E-state index contributed by atoms with van der Waals surface area (Å²) in [5, 5.41) is 27.0. The third-order valence-corrected chi connectivity index (χ3v) is 12.6. The lowest BCUT2D eigenvalue weighted by molar-refractivity contribution is -0.256. The average molecular weight is 859 g/mol. The molecule has 4 aliphatic rings. The standard InChI is InChI=1S/C49H64ClN3O8/c1-5-27-59-49-44(53(47(56)58-28-21-50)33-36-16-12-15-34-13-6-7-17-38(34)36)32-42(51-61-48(2,3)4)40-30-35(14-8-10-25-54)39(18-9-11-26-55)45(46(40)49)41-31-37(19-20-43(41)60-49)57-29-24-52-22-23-52/h5-7,12-13,15-17,19-20,30-31,35,39,44-46,54-55H,1,8-11,14,18,21-29,32-33H2,2-4H3/t35-,39+,44-,45+,46+,49+/m0/s1. The van der Waals surface area contributed by atoms with Gasteiger partial charge in [-0.3, -0.25) is 9.80 Å². The number of oxime groups is 1. The predicted molar refractivity (Wildman–Crippen MR) is 239 cm³/mol. The lowest BCUT2D eigenvalue weighted by Gasteiger charge is -2.60. The SMILES string of the molecule is C=CCO[C@@]12Oc3ccc(OCCN4CC4)cc3[C@H]3[C@H](CCCCO)[C@@H](CCCCO)C=C(C(=NOC(C)(C)C)C[C@@H]1N(Cc1cccc4ccccc14)C(=O)OCCCl)[C@H]32. The van der Waals surface area contributed by atoms with Crippen molar-refractivity contribution < 1.29 is 38.8 Å². The highest BCUT2D eigenvalue weighted by Crippen LogP contribution is 2.62. The molecular weight excluding hydrogens is 794 g/mol. The summed E-state index contributed by atoms with van der Waals surface area (Å²) in [6.07, 6.45) is 8.51. The molecule has 12 heteroatoms. The zero-order valence-corrected chi connectivity index (χ0v) is 36.9. The molecule has 3 aromatic rings. The number of allylic oxidation sites excluding steroid dienone is 1. The zero-order valence-electron chi connectivity index (χ0n) is 36.1. The van der Waals surface area contributed by atoms with Crippen molar-refractivity contribution in [3.05, 3.63) is 96.1 Å². The summed E-state index contributed by atoms with van der Waals surface area (Å²) in [6, 6.07) is 19.6. The number of alkyl halides is 1. The minimum Gasteiger partial charge on any atom is -0.492 e. The molecule has 0 aromatic heterocycles. The molecule has 1 saturated heterocycles. The van der Waals surface area contributed by atoms with Crippen molar-refractivity contribution in [2.75, 3.05) is 58.5 Å². The van der Waals surface area contributed by atoms with Crippen LogP contribution in [-0.2, 0) is 20.9 Å². The Morgan fingerprint density at radius 1 is 1.03 bits per heavy atom. The van der Waals surface area contributed by atoms with Crippen LogP contribution in [0.5, 0.6) is 11.5 Å². The lowest BCUT2D eigenvalue weighted by atomic mass is 9.55. The fourth-order valence-corrected chi connectivity index (χ4v) is 9.72. The van der Waals surface area contributed by atoms with Crippen LogP contribution in [0.4, 0.5) is 4.79 Å². The number of rotatable bonds is 21. The Labute approximate surface area is 366 Å². The van der Waals surface area contributed by atoms with Gasteiger partial charge < -0.3 is 34.0 Å². The second-order valence-electron chi connectivity index (χ2n) is 17.7. The highest BCUT2D eigenvalue weighted by atomic mass is 35.5. The number of halogens is 1. The summed E-state index contributed by atoms with van der Waals surface area (Å²) in [6.45, 7) is 14.2. The Morgan fingerprint density at radius 2 is 1.80 bits per heavy atom. The number of benzene rings is 3. The second-order valence-corrected chi connectivity index (χ2v) is 18.1. The normalized spacial score (nSPS) is 24.9. The van der Waals surface area contributed by atoms with Crippen molar-refractivity contribution in [1.82, 2.24) is 9.80 Å². The first-order valence-electron chi connectivity index (χ1n) is 22.2. The van der Waals surface area contributed by atoms with Crippen LogP contribution < -0.4 is 9.47 Å². The molecule has 1 amide bonds. The number of fused-ring (bicyclic) bond motifs is 3. The Kier molecular flexibility index (Phi) is 15.0. The quantitative estimate of drug-likeness (QED) is 0.0356. The van der Waals surface area contributed by atoms with Gasteiger partial charge in [0, 0.05) is 50.8 Å². The summed E-state index contributed by atoms with van der Waals surface area (Å²) < 4.78 is 26.9. The first-order chi connectivity index (χ1) is 29.6. The van der Waals surface area contributed by atoms with E-state index in [-0.39, 0.29) is 63.0 Å². The van der Waals surface area contributed by atoms with E-state index in [9.17, 15) is 15.0 Å². The van der Waals surface area contributed by atoms with Gasteiger partial charge in [-0.25, -0.2) is 4.79 Å². The minimum absolute atomic E-state index is 0.0254. The van der Waals surface area contributed by atoms with Crippen molar-refractivity contribution in [1.29, 1.82) is 0 Å². The number of hydrogen-bond donors (Lipinski definition) is 2. The van der Waals surface area contributed by atoms with Gasteiger partial charge in [-0.05, 0) is 98.4 Å². The molecular formula is C49H64ClN3O8. The van der Waals surface area contributed by atoms with E-state index in [0.717, 1.165) is 84.3 Å². The van der Waals surface area contributed by atoms with Crippen LogP contribution in [0.15, 0.2) is 90.1 Å². The van der Waals surface area contributed by atoms with Gasteiger partial charge in [0.05, 0.1) is 30.7 Å². The van der Waals surface area contributed by atoms with E-state index < -0.39 is 29.4 Å². The number of amides is 1. The van der Waals surface area contributed by atoms with E-state index in [1.54, 1.807) is 11.0 Å². The van der Waals surface area contributed by atoms with Crippen molar-refractivity contribution in [3.8, 4) is 11.5 Å². The summed E-state index contributed by atoms with van der Waals surface area (Å²) >= 11 is 6.16. The van der Waals surface area contributed by atoms with Gasteiger partial charge in [-0.1, -0.05) is 72.6 Å². The van der Waals surface area contributed by atoms with Gasteiger partial charge in [-0.15, -0.1) is 18.2 Å². The molecule has 330 valence electrons. The van der Waals surface area contributed by atoms with E-state index >= 15 is 0 Å². The van der Waals surface area contributed by atoms with E-state index in [4.69, 9.17) is 40.5 Å². The Bertz CT molecular complexity index is 2020. The maximum atomic E-state index is 14.7. The summed E-state index contributed by atoms with van der Waals surface area (Å²) in [5.74, 6) is -0.309. The van der Waals surface area contributed by atoms with Crippen molar-refractivity contribution in [3.63, 3.8) is 0 Å². The van der Waals surface area contributed by atoms with Crippen LogP contribution in [0.2, 0.25) is 0 Å². The number of carbonyl (C=O) groups excluding carboxylic acids is 1. The van der Waals surface area contributed by atoms with Gasteiger partial charge in [0.2, 0.25) is 5.79 Å². The average Bonchev–Trinajstić information content (AvgIpc) is 4.09. The van der Waals surface area contributed by atoms with Gasteiger partial charge in [-0.2, -0.15) is 0 Å². The fraction of sp³-hybridized carbons (Fsp3) is 0.551. The van der Waals surface area contributed by atoms with Crippen molar-refractivity contribution in [2.45, 2.75) is 95.6 Å². The zero-order chi connectivity index (χ0) is 43.0. The van der Waals surface area contributed by atoms with Gasteiger partial charge >= 0.3 is 6.09 Å². The maximum absolute atomic E-state index is 14.7. The largest absolute Gasteiger partial charge is 0.492 e. The fourth-order valence-electron chi connectivity index (χ4n) is 9.64. The highest BCUT2D eigenvalue weighted by molar-refractivity contribution is 6.18. The molecule has 7 rings (SSSR count). The van der Waals surface area contributed by atoms with Crippen LogP contribution in [0.3, 0.4) is 0 Å². The number of hydrogen-bond acceptors (Lipinski definition) is 10. The second kappa shape index (κ2) is 20.4. The Balaban J connectivity index is 1.45. The van der Waals surface area contributed by atoms with E-state index in [0.29, 0.717) is 25.2 Å². The number of aliphatic hydroxyl groups is 2. The van der Waals surface area contributed by atoms with E-state index in [1.165, 1.54) is 0 Å². The molecule has 2 heterocycles. The summed E-state index contributed by atoms with van der Waals surface area (Å²) in [7, 11) is 0. The van der Waals surface area contributed by atoms with Crippen LogP contribution >= 0.6 is 11.6 Å². The van der Waals surface area contributed by atoms with Crippen LogP contribution in [0, 0.1) is 17.8 Å². The summed E-state index contributed by atoms with van der Waals surface area (Å²) in [4.78, 5) is 25.1. The van der Waals surface area contributed by atoms with E-state index in [1.807, 2.05) is 57.2 Å². The van der Waals surface area contributed by atoms with Gasteiger partial charge in [0.15, 0.2) is 0 Å². The molecule has 11 nitrogen and oxygen atoms in total. The van der Waals surface area contributed by atoms with Crippen molar-refractivity contribution in [2.24, 2.45) is 22.9 Å². The third kappa shape index (κ3) is 10.4. The number of aliphatic hydroxyl groups excluding tert-OH is 2. The number of unbranched alkanes of at least 4 members (excludes halogenated alkanes) is 2. The molecule has 1 saturated carbocycles. The maximum Gasteiger partial charge on any atom is 0.410 e. The number of carbonyl (C=O) groups is 1. The first-order valence-corrected chi connectivity index (χ1v) is 22.7. The van der Waals surface area contributed by atoms with Gasteiger partial charge in [0.1, 0.15) is 36.4 Å². The first kappa shape index (κ1) is 44.9.